The van der Waals surface area contributed by atoms with Crippen LogP contribution in [0.2, 0.25) is 5.02 Å². The molecule has 266 valence electrons. The fraction of sp³-hybridized carbons (Fsp3) is 0.417. The second-order valence-electron chi connectivity index (χ2n) is 12.7. The van der Waals surface area contributed by atoms with Crippen molar-refractivity contribution >= 4 is 29.3 Å². The maximum absolute atomic E-state index is 13.0. The van der Waals surface area contributed by atoms with E-state index in [1.54, 1.807) is 17.8 Å². The molecule has 4 aromatic rings. The Kier molecular flexibility index (Phi) is 11.5. The number of aromatic nitrogens is 3. The Hall–Kier alpha value is -3.53. The number of aliphatic hydroxyl groups excluding tert-OH is 5. The van der Waals surface area contributed by atoms with Gasteiger partial charge >= 0.3 is 0 Å². The first kappa shape index (κ1) is 36.3. The Bertz CT molecular complexity index is 1800. The average Bonchev–Trinajstić information content (AvgIpc) is 4.08. The molecule has 2 heterocycles. The summed E-state index contributed by atoms with van der Waals surface area (Å²) in [6.45, 7) is -1.20. The Labute approximate surface area is 299 Å². The minimum Gasteiger partial charge on any atom is -0.490 e. The number of amides is 1. The Morgan fingerprint density at radius 3 is 2.56 bits per heavy atom. The third-order valence-corrected chi connectivity index (χ3v) is 10.5. The number of rotatable bonds is 17. The molecule has 2 aromatic carbocycles. The number of thioether (sulfide) groups is 1. The van der Waals surface area contributed by atoms with Crippen molar-refractivity contribution in [2.45, 2.75) is 79.3 Å². The topological polar surface area (TPSA) is 179 Å². The van der Waals surface area contributed by atoms with Crippen LogP contribution in [0.1, 0.15) is 52.9 Å². The van der Waals surface area contributed by atoms with Crippen LogP contribution >= 0.6 is 23.4 Å². The third-order valence-electron chi connectivity index (χ3n) is 9.03. The number of nitrogens with one attached hydrogen (secondary N) is 1. The number of ether oxygens (including phenoxy) is 2. The van der Waals surface area contributed by atoms with Crippen LogP contribution in [0.15, 0.2) is 72.3 Å². The summed E-state index contributed by atoms with van der Waals surface area (Å²) in [4.78, 5) is 21.8. The van der Waals surface area contributed by atoms with E-state index in [9.17, 15) is 25.2 Å². The highest BCUT2D eigenvalue weighted by atomic mass is 35.5. The highest BCUT2D eigenvalue weighted by molar-refractivity contribution is 7.98. The van der Waals surface area contributed by atoms with Crippen molar-refractivity contribution in [3.63, 3.8) is 0 Å². The standard InChI is InChI=1S/C36H41ClN4O8S/c1-41-29(34(47)40-28(17-42)32(45)33(46)30(44)18-43)16-39-35(41)50-20-21-6-9-27(37)22(14-21)19-48-36(11-12-36)26-15-38-13-10-24(26)25-4-2-3-5-31(25)49-23-7-8-23/h2-6,9-10,13-16,23,28,30,32-33,42-46H,7-8,11-12,17-20H2,1H3,(H,40,47)/t28-,30+,32+,33+/m0/s1. The molecule has 2 saturated carbocycles. The first-order chi connectivity index (χ1) is 24.1. The number of para-hydroxylation sites is 1. The van der Waals surface area contributed by atoms with Gasteiger partial charge in [0.25, 0.3) is 5.91 Å². The molecule has 0 aliphatic heterocycles. The highest BCUT2D eigenvalue weighted by Gasteiger charge is 2.48. The predicted molar refractivity (Wildman–Crippen MR) is 187 cm³/mol. The molecule has 12 nitrogen and oxygen atoms in total. The minimum absolute atomic E-state index is 0.159. The zero-order valence-corrected chi connectivity index (χ0v) is 29.1. The smallest absolute Gasteiger partial charge is 0.269 e. The second kappa shape index (κ2) is 15.8. The van der Waals surface area contributed by atoms with Crippen LogP contribution in [0.4, 0.5) is 0 Å². The van der Waals surface area contributed by atoms with E-state index in [0.29, 0.717) is 22.5 Å². The molecule has 1 amide bonds. The quantitative estimate of drug-likeness (QED) is 0.0880. The van der Waals surface area contributed by atoms with Gasteiger partial charge in [-0.1, -0.05) is 53.7 Å². The number of hydrogen-bond donors (Lipinski definition) is 6. The van der Waals surface area contributed by atoms with Gasteiger partial charge < -0.3 is 44.9 Å². The highest BCUT2D eigenvalue weighted by Crippen LogP contribution is 2.53. The van der Waals surface area contributed by atoms with E-state index < -0.39 is 49.1 Å². The Morgan fingerprint density at radius 1 is 1.06 bits per heavy atom. The van der Waals surface area contributed by atoms with Crippen molar-refractivity contribution in [1.29, 1.82) is 0 Å². The van der Waals surface area contributed by atoms with Crippen molar-refractivity contribution in [3.05, 3.63) is 94.5 Å². The number of aliphatic hydroxyl groups is 5. The van der Waals surface area contributed by atoms with E-state index in [-0.39, 0.29) is 11.8 Å². The van der Waals surface area contributed by atoms with E-state index in [4.69, 9.17) is 26.2 Å². The molecule has 0 bridgehead atoms. The summed E-state index contributed by atoms with van der Waals surface area (Å²) in [5, 5.41) is 52.2. The number of imidazole rings is 1. The molecule has 0 radical (unpaired) electrons. The van der Waals surface area contributed by atoms with Crippen molar-refractivity contribution in [2.24, 2.45) is 7.05 Å². The van der Waals surface area contributed by atoms with Gasteiger partial charge in [-0.05, 0) is 60.6 Å². The van der Waals surface area contributed by atoms with Gasteiger partial charge in [0.1, 0.15) is 29.8 Å². The fourth-order valence-electron chi connectivity index (χ4n) is 5.74. The summed E-state index contributed by atoms with van der Waals surface area (Å²) in [6.07, 6.45) is 4.08. The van der Waals surface area contributed by atoms with Crippen LogP contribution in [0.25, 0.3) is 11.1 Å². The van der Waals surface area contributed by atoms with Gasteiger partial charge in [-0.2, -0.15) is 0 Å². The maximum Gasteiger partial charge on any atom is 0.269 e. The van der Waals surface area contributed by atoms with Gasteiger partial charge in [-0.15, -0.1) is 0 Å². The molecule has 2 aliphatic rings. The average molecular weight is 725 g/mol. The molecular weight excluding hydrogens is 684 g/mol. The van der Waals surface area contributed by atoms with Gasteiger partial charge in [-0.25, -0.2) is 4.98 Å². The molecule has 6 rings (SSSR count). The van der Waals surface area contributed by atoms with Gasteiger partial charge in [0.05, 0.1) is 43.8 Å². The predicted octanol–water partition coefficient (Wildman–Crippen LogP) is 3.34. The molecular formula is C36H41ClN4O8S. The van der Waals surface area contributed by atoms with Crippen molar-refractivity contribution in [2.75, 3.05) is 13.2 Å². The van der Waals surface area contributed by atoms with Crippen LogP contribution in [0.3, 0.4) is 0 Å². The lowest BCUT2D eigenvalue weighted by Gasteiger charge is -2.28. The van der Waals surface area contributed by atoms with Crippen LogP contribution < -0.4 is 10.1 Å². The summed E-state index contributed by atoms with van der Waals surface area (Å²) < 4.78 is 14.4. The van der Waals surface area contributed by atoms with Crippen LogP contribution in [0, 0.1) is 0 Å². The lowest BCUT2D eigenvalue weighted by molar-refractivity contribution is -0.0905. The monoisotopic (exact) mass is 724 g/mol. The van der Waals surface area contributed by atoms with Gasteiger partial charge in [0.2, 0.25) is 0 Å². The number of carbonyl (C=O) groups excluding carboxylic acids is 1. The van der Waals surface area contributed by atoms with Crippen LogP contribution in [-0.4, -0.2) is 89.6 Å². The number of nitrogens with zero attached hydrogens (tertiary/aromatic N) is 3. The van der Waals surface area contributed by atoms with Gasteiger partial charge in [0, 0.05) is 41.3 Å². The summed E-state index contributed by atoms with van der Waals surface area (Å²) in [7, 11) is 1.67. The van der Waals surface area contributed by atoms with Crippen molar-refractivity contribution < 1.29 is 39.8 Å². The number of benzene rings is 2. The van der Waals surface area contributed by atoms with Crippen LogP contribution in [0.5, 0.6) is 5.75 Å². The van der Waals surface area contributed by atoms with E-state index in [1.807, 2.05) is 48.7 Å². The Morgan fingerprint density at radius 2 is 1.84 bits per heavy atom. The number of carbonyl (C=O) groups is 1. The first-order valence-electron chi connectivity index (χ1n) is 16.5. The third kappa shape index (κ3) is 8.16. The second-order valence-corrected chi connectivity index (χ2v) is 14.1. The van der Waals surface area contributed by atoms with Gasteiger partial charge in [-0.3, -0.25) is 9.78 Å². The number of hydrogen-bond acceptors (Lipinski definition) is 11. The van der Waals surface area contributed by atoms with E-state index in [2.05, 4.69) is 21.4 Å². The maximum atomic E-state index is 13.0. The molecule has 0 unspecified atom stereocenters. The first-order valence-corrected chi connectivity index (χ1v) is 17.8. The lowest BCUT2D eigenvalue weighted by atomic mass is 9.96. The Balaban J connectivity index is 1.10. The molecule has 4 atom stereocenters. The SMILES string of the molecule is Cn1c(C(=O)N[C@@H](CO)[C@@H](O)[C@H](O)[C@H](O)CO)cnc1SCc1ccc(Cl)c(COC2(c3cnccc3-c3ccccc3OC3CC3)CC2)c1. The van der Waals surface area contributed by atoms with E-state index in [0.717, 1.165) is 59.3 Å². The zero-order chi connectivity index (χ0) is 35.4. The molecule has 0 spiro atoms. The van der Waals surface area contributed by atoms with Crippen molar-refractivity contribution in [1.82, 2.24) is 19.9 Å². The number of halogens is 1. The molecule has 50 heavy (non-hydrogen) atoms. The lowest BCUT2D eigenvalue weighted by Crippen LogP contribution is -2.54. The van der Waals surface area contributed by atoms with Gasteiger partial charge in [0.15, 0.2) is 5.16 Å². The number of pyridine rings is 1. The molecule has 2 aromatic heterocycles. The summed E-state index contributed by atoms with van der Waals surface area (Å²) in [6, 6.07) is 14.6. The van der Waals surface area contributed by atoms with Crippen LogP contribution in [-0.2, 0) is 29.7 Å². The minimum atomic E-state index is -1.78. The van der Waals surface area contributed by atoms with E-state index in [1.165, 1.54) is 18.0 Å². The van der Waals surface area contributed by atoms with E-state index >= 15 is 0 Å². The molecule has 6 N–H and O–H groups in total. The zero-order valence-electron chi connectivity index (χ0n) is 27.5. The molecule has 2 aliphatic carbocycles. The fourth-order valence-corrected chi connectivity index (χ4v) is 6.81. The largest absolute Gasteiger partial charge is 0.490 e. The van der Waals surface area contributed by atoms with Crippen molar-refractivity contribution in [3.8, 4) is 16.9 Å². The molecule has 2 fully saturated rings. The molecule has 0 saturated heterocycles. The summed E-state index contributed by atoms with van der Waals surface area (Å²) >= 11 is 8.05. The normalized spacial score (nSPS) is 17.5. The summed E-state index contributed by atoms with van der Waals surface area (Å²) in [5.41, 5.74) is 4.62. The summed E-state index contributed by atoms with van der Waals surface area (Å²) in [5.74, 6) is 0.746. The molecule has 14 heteroatoms.